The molecule has 0 unspecified atom stereocenters. The van der Waals surface area contributed by atoms with Crippen molar-refractivity contribution >= 4 is 5.94 Å². The van der Waals surface area contributed by atoms with Gasteiger partial charge in [-0.25, -0.2) is 4.79 Å². The van der Waals surface area contributed by atoms with Gasteiger partial charge in [-0.15, -0.1) is 0 Å². The van der Waals surface area contributed by atoms with Gasteiger partial charge in [0.15, 0.2) is 17.6 Å². The van der Waals surface area contributed by atoms with Crippen molar-refractivity contribution < 1.29 is 14.3 Å². The van der Waals surface area contributed by atoms with Crippen LogP contribution in [-0.4, -0.2) is 36.6 Å². The van der Waals surface area contributed by atoms with Gasteiger partial charge in [0.05, 0.1) is 6.20 Å². The van der Waals surface area contributed by atoms with Crippen LogP contribution in [0.15, 0.2) is 54.7 Å². The molecule has 134 valence electrons. The Morgan fingerprint density at radius 3 is 2.77 bits per heavy atom. The van der Waals surface area contributed by atoms with Gasteiger partial charge >= 0.3 is 0 Å². The lowest BCUT2D eigenvalue weighted by atomic mass is 10.1. The third-order valence-corrected chi connectivity index (χ3v) is 4.91. The Labute approximate surface area is 153 Å². The minimum absolute atomic E-state index is 0.0783. The van der Waals surface area contributed by atoms with Crippen molar-refractivity contribution in [3.8, 4) is 11.5 Å². The van der Waals surface area contributed by atoms with Crippen LogP contribution < -0.4 is 14.8 Å². The molecule has 0 spiro atoms. The predicted octanol–water partition coefficient (Wildman–Crippen LogP) is 2.71. The van der Waals surface area contributed by atoms with E-state index >= 15 is 0 Å². The maximum atomic E-state index is 10.4. The van der Waals surface area contributed by atoms with Gasteiger partial charge in [0.1, 0.15) is 12.5 Å². The van der Waals surface area contributed by atoms with Gasteiger partial charge in [0.25, 0.3) is 0 Å². The molecule has 0 radical (unpaired) electrons. The highest BCUT2D eigenvalue weighted by atomic mass is 16.6. The van der Waals surface area contributed by atoms with E-state index in [1.807, 2.05) is 35.1 Å². The zero-order valence-electron chi connectivity index (χ0n) is 14.6. The molecule has 0 aliphatic carbocycles. The quantitative estimate of drug-likeness (QED) is 0.841. The van der Waals surface area contributed by atoms with Crippen molar-refractivity contribution in [2.75, 3.05) is 19.7 Å². The first-order chi connectivity index (χ1) is 12.8. The van der Waals surface area contributed by atoms with Crippen LogP contribution in [0.4, 0.5) is 0 Å². The van der Waals surface area contributed by atoms with E-state index in [2.05, 4.69) is 29.6 Å². The summed E-state index contributed by atoms with van der Waals surface area (Å²) in [4.78, 5) is 12.4. The van der Waals surface area contributed by atoms with Gasteiger partial charge in [-0.1, -0.05) is 36.4 Å². The Bertz CT molecular complexity index is 799. The minimum Gasteiger partial charge on any atom is -0.485 e. The third-order valence-electron chi connectivity index (χ3n) is 4.91. The van der Waals surface area contributed by atoms with Crippen LogP contribution >= 0.6 is 0 Å². The molecule has 2 aliphatic rings. The lowest BCUT2D eigenvalue weighted by Crippen LogP contribution is -2.30. The molecule has 5 heteroatoms. The van der Waals surface area contributed by atoms with Crippen LogP contribution in [0, 0.1) is 0 Å². The summed E-state index contributed by atoms with van der Waals surface area (Å²) in [6.45, 7) is 3.11. The smallest absolute Gasteiger partial charge is 0.162 e. The lowest BCUT2D eigenvalue weighted by molar-refractivity contribution is 0.0913. The van der Waals surface area contributed by atoms with E-state index in [0.29, 0.717) is 12.6 Å². The van der Waals surface area contributed by atoms with Crippen LogP contribution in [0.5, 0.6) is 11.5 Å². The second-order valence-electron chi connectivity index (χ2n) is 6.71. The summed E-state index contributed by atoms with van der Waals surface area (Å²) in [5.41, 5.74) is 2.35. The topological polar surface area (TPSA) is 50.8 Å². The van der Waals surface area contributed by atoms with Gasteiger partial charge in [-0.05, 0) is 29.7 Å². The molecule has 1 saturated heterocycles. The maximum absolute atomic E-state index is 10.4. The Morgan fingerprint density at radius 1 is 1.15 bits per heavy atom. The molecule has 0 bridgehead atoms. The van der Waals surface area contributed by atoms with Crippen LogP contribution in [0.3, 0.4) is 0 Å². The number of benzene rings is 2. The average Bonchev–Trinajstić information content (AvgIpc) is 3.14. The Hall–Kier alpha value is -2.75. The molecule has 1 N–H and O–H groups in total. The van der Waals surface area contributed by atoms with Gasteiger partial charge in [-0.3, -0.25) is 0 Å². The van der Waals surface area contributed by atoms with Crippen LogP contribution in [0.1, 0.15) is 23.7 Å². The molecule has 5 nitrogen and oxygen atoms in total. The van der Waals surface area contributed by atoms with E-state index in [4.69, 9.17) is 9.47 Å². The summed E-state index contributed by atoms with van der Waals surface area (Å²) in [5, 5.41) is 3.55. The average molecular weight is 350 g/mol. The number of hydrogen-bond donors (Lipinski definition) is 1. The van der Waals surface area contributed by atoms with Crippen molar-refractivity contribution in [1.82, 2.24) is 10.2 Å². The normalized spacial score (nSPS) is 21.3. The van der Waals surface area contributed by atoms with E-state index < -0.39 is 0 Å². The second kappa shape index (κ2) is 7.65. The molecule has 2 atom stereocenters. The lowest BCUT2D eigenvalue weighted by Gasteiger charge is -2.26. The molecule has 2 aromatic rings. The fourth-order valence-corrected chi connectivity index (χ4v) is 3.44. The fraction of sp³-hybridized carbons (Fsp3) is 0.333. The first-order valence-electron chi connectivity index (χ1n) is 8.97. The molecule has 2 heterocycles. The molecule has 4 rings (SSSR count). The first-order valence-corrected chi connectivity index (χ1v) is 8.97. The summed E-state index contributed by atoms with van der Waals surface area (Å²) < 4.78 is 11.8. The molecule has 1 fully saturated rings. The van der Waals surface area contributed by atoms with Crippen molar-refractivity contribution in [2.24, 2.45) is 0 Å². The largest absolute Gasteiger partial charge is 0.485 e. The maximum Gasteiger partial charge on any atom is 0.162 e. The first kappa shape index (κ1) is 16.7. The molecule has 0 amide bonds. The molecule has 0 saturated carbocycles. The van der Waals surface area contributed by atoms with Crippen LogP contribution in [-0.2, 0) is 11.3 Å². The Morgan fingerprint density at radius 2 is 1.96 bits per heavy atom. The van der Waals surface area contributed by atoms with Crippen molar-refractivity contribution in [2.45, 2.75) is 25.1 Å². The highest BCUT2D eigenvalue weighted by Gasteiger charge is 2.22. The van der Waals surface area contributed by atoms with Crippen LogP contribution in [0.25, 0.3) is 0 Å². The molecule has 2 aliphatic heterocycles. The molecular formula is C21H22N2O3. The predicted molar refractivity (Wildman–Crippen MR) is 98.8 cm³/mol. The number of carbonyl (C=O) groups excluding carboxylic acids is 1. The van der Waals surface area contributed by atoms with Gasteiger partial charge < -0.3 is 19.7 Å². The zero-order valence-corrected chi connectivity index (χ0v) is 14.6. The van der Waals surface area contributed by atoms with E-state index in [0.717, 1.165) is 43.1 Å². The number of rotatable bonds is 5. The highest BCUT2D eigenvalue weighted by molar-refractivity contribution is 5.44. The van der Waals surface area contributed by atoms with Crippen molar-refractivity contribution in [1.29, 1.82) is 0 Å². The number of likely N-dealkylation sites (tertiary alicyclic amines) is 1. The summed E-state index contributed by atoms with van der Waals surface area (Å²) in [6.07, 6.45) is 2.47. The number of hydrogen-bond acceptors (Lipinski definition) is 5. The van der Waals surface area contributed by atoms with Crippen molar-refractivity contribution in [3.63, 3.8) is 0 Å². The van der Waals surface area contributed by atoms with Gasteiger partial charge in [0, 0.05) is 25.7 Å². The summed E-state index contributed by atoms with van der Waals surface area (Å²) in [5.74, 6) is 3.45. The monoisotopic (exact) mass is 350 g/mol. The van der Waals surface area contributed by atoms with E-state index in [1.165, 1.54) is 11.8 Å². The van der Waals surface area contributed by atoms with E-state index in [1.54, 1.807) is 0 Å². The minimum atomic E-state index is -0.0783. The van der Waals surface area contributed by atoms with Crippen molar-refractivity contribution in [3.05, 3.63) is 65.9 Å². The number of nitrogens with one attached hydrogen (secondary N) is 1. The fourth-order valence-electron chi connectivity index (χ4n) is 3.44. The number of fused-ring (bicyclic) bond motifs is 1. The SMILES string of the molecule is O=C=CN1CC[C@H](NCc2ccc([C@H]3COc4ccccc4O3)cc2)C1. The van der Waals surface area contributed by atoms with E-state index in [-0.39, 0.29) is 6.10 Å². The number of nitrogens with zero attached hydrogens (tertiary/aromatic N) is 1. The summed E-state index contributed by atoms with van der Waals surface area (Å²) in [6, 6.07) is 16.6. The number of ether oxygens (including phenoxy) is 2. The number of para-hydroxylation sites is 2. The van der Waals surface area contributed by atoms with Gasteiger partial charge in [0.2, 0.25) is 0 Å². The Kier molecular flexibility index (Phi) is 4.91. The highest BCUT2D eigenvalue weighted by Crippen LogP contribution is 2.35. The van der Waals surface area contributed by atoms with Gasteiger partial charge in [-0.2, -0.15) is 0 Å². The molecular weight excluding hydrogens is 328 g/mol. The molecule has 0 aromatic heterocycles. The Balaban J connectivity index is 1.32. The molecule has 26 heavy (non-hydrogen) atoms. The van der Waals surface area contributed by atoms with E-state index in [9.17, 15) is 4.79 Å². The third kappa shape index (κ3) is 3.74. The van der Waals surface area contributed by atoms with Crippen LogP contribution in [0.2, 0.25) is 0 Å². The second-order valence-corrected chi connectivity index (χ2v) is 6.71. The zero-order chi connectivity index (χ0) is 17.8. The summed E-state index contributed by atoms with van der Waals surface area (Å²) >= 11 is 0. The molecule has 2 aromatic carbocycles. The standard InChI is InChI=1S/C21H22N2O3/c24-12-11-23-10-9-18(14-23)22-13-16-5-7-17(8-6-16)21-15-25-19-3-1-2-4-20(19)26-21/h1-8,11,18,21-22H,9-10,13-15H2/t18-,21+/m0/s1. The summed E-state index contributed by atoms with van der Waals surface area (Å²) in [7, 11) is 0.